The molecule has 0 saturated heterocycles. The highest BCUT2D eigenvalue weighted by Gasteiger charge is 2.42. The van der Waals surface area contributed by atoms with Crippen LogP contribution in [0.1, 0.15) is 11.1 Å². The SMILES string of the molecule is NNC(=O)CN1C(=O)/C(=C2\C(=O)N(CC(=O)NN)c3ccccc32)c2ccccc21. The maximum absolute atomic E-state index is 13.3. The average Bonchev–Trinajstić information content (AvgIpc) is 3.19. The summed E-state index contributed by atoms with van der Waals surface area (Å²) in [6.07, 6.45) is 0. The average molecular weight is 406 g/mol. The molecule has 4 amide bonds. The number of fused-ring (bicyclic) bond motifs is 2. The fourth-order valence-electron chi connectivity index (χ4n) is 3.74. The van der Waals surface area contributed by atoms with Gasteiger partial charge in [-0.05, 0) is 12.1 Å². The lowest BCUT2D eigenvalue weighted by Crippen LogP contribution is -2.42. The number of rotatable bonds is 4. The third-order valence-corrected chi connectivity index (χ3v) is 5.02. The first-order valence-electron chi connectivity index (χ1n) is 9.03. The van der Waals surface area contributed by atoms with Crippen molar-refractivity contribution < 1.29 is 19.2 Å². The molecule has 2 aromatic rings. The van der Waals surface area contributed by atoms with Gasteiger partial charge >= 0.3 is 0 Å². The molecule has 0 fully saturated rings. The van der Waals surface area contributed by atoms with Crippen LogP contribution in [0.4, 0.5) is 11.4 Å². The number of para-hydroxylation sites is 2. The first kappa shape index (κ1) is 19.3. The highest BCUT2D eigenvalue weighted by atomic mass is 16.2. The Balaban J connectivity index is 1.90. The fraction of sp³-hybridized carbons (Fsp3) is 0.100. The molecule has 0 spiro atoms. The fourth-order valence-corrected chi connectivity index (χ4v) is 3.74. The summed E-state index contributed by atoms with van der Waals surface area (Å²) in [7, 11) is 0. The van der Waals surface area contributed by atoms with Gasteiger partial charge in [0.2, 0.25) is 0 Å². The molecule has 0 unspecified atom stereocenters. The minimum atomic E-state index is -0.552. The van der Waals surface area contributed by atoms with Gasteiger partial charge in [-0.25, -0.2) is 11.7 Å². The van der Waals surface area contributed by atoms with Crippen molar-refractivity contribution in [3.63, 3.8) is 0 Å². The molecule has 152 valence electrons. The Bertz CT molecular complexity index is 1040. The van der Waals surface area contributed by atoms with E-state index in [1.165, 1.54) is 9.80 Å². The highest BCUT2D eigenvalue weighted by Crippen LogP contribution is 2.46. The Labute approximate surface area is 171 Å². The number of hydrogen-bond donors (Lipinski definition) is 4. The van der Waals surface area contributed by atoms with E-state index in [-0.39, 0.29) is 24.2 Å². The molecule has 0 saturated carbocycles. The van der Waals surface area contributed by atoms with E-state index in [9.17, 15) is 19.2 Å². The summed E-state index contributed by atoms with van der Waals surface area (Å²) in [5.74, 6) is 8.26. The molecule has 2 aliphatic rings. The number of nitrogens with one attached hydrogen (secondary N) is 2. The minimum Gasteiger partial charge on any atom is -0.298 e. The molecular formula is C20H18N6O4. The van der Waals surface area contributed by atoms with E-state index < -0.39 is 23.6 Å². The van der Waals surface area contributed by atoms with Crippen LogP contribution in [0.25, 0.3) is 11.1 Å². The van der Waals surface area contributed by atoms with Crippen LogP contribution in [0.15, 0.2) is 48.5 Å². The molecule has 0 aromatic heterocycles. The van der Waals surface area contributed by atoms with Gasteiger partial charge in [0.25, 0.3) is 23.6 Å². The van der Waals surface area contributed by atoms with E-state index in [1.54, 1.807) is 48.5 Å². The van der Waals surface area contributed by atoms with Crippen LogP contribution in [0.5, 0.6) is 0 Å². The van der Waals surface area contributed by atoms with Crippen molar-refractivity contribution in [2.45, 2.75) is 0 Å². The summed E-state index contributed by atoms with van der Waals surface area (Å²) in [4.78, 5) is 52.9. The van der Waals surface area contributed by atoms with Gasteiger partial charge in [-0.1, -0.05) is 36.4 Å². The van der Waals surface area contributed by atoms with Crippen LogP contribution in [0, 0.1) is 0 Å². The Morgan fingerprint density at radius 1 is 0.700 bits per heavy atom. The Morgan fingerprint density at radius 2 is 1.07 bits per heavy atom. The quantitative estimate of drug-likeness (QED) is 0.227. The maximum Gasteiger partial charge on any atom is 0.260 e. The molecule has 10 nitrogen and oxygen atoms in total. The van der Waals surface area contributed by atoms with Crippen molar-refractivity contribution in [3.05, 3.63) is 59.7 Å². The van der Waals surface area contributed by atoms with Crippen molar-refractivity contribution in [2.24, 2.45) is 11.7 Å². The van der Waals surface area contributed by atoms with Crippen LogP contribution in [-0.4, -0.2) is 36.7 Å². The van der Waals surface area contributed by atoms with Gasteiger partial charge in [-0.15, -0.1) is 0 Å². The molecular weight excluding hydrogens is 388 g/mol. The lowest BCUT2D eigenvalue weighted by molar-refractivity contribution is -0.122. The van der Waals surface area contributed by atoms with Crippen LogP contribution in [0.2, 0.25) is 0 Å². The summed E-state index contributed by atoms with van der Waals surface area (Å²) < 4.78 is 0. The van der Waals surface area contributed by atoms with Gasteiger partial charge in [-0.2, -0.15) is 0 Å². The molecule has 0 atom stereocenters. The van der Waals surface area contributed by atoms with Gasteiger partial charge < -0.3 is 0 Å². The summed E-state index contributed by atoms with van der Waals surface area (Å²) in [5.41, 5.74) is 6.40. The second-order valence-electron chi connectivity index (χ2n) is 6.70. The number of carbonyl (C=O) groups is 4. The first-order chi connectivity index (χ1) is 14.5. The van der Waals surface area contributed by atoms with E-state index in [1.807, 2.05) is 10.9 Å². The molecule has 6 N–H and O–H groups in total. The topological polar surface area (TPSA) is 151 Å². The Morgan fingerprint density at radius 3 is 1.43 bits per heavy atom. The number of benzene rings is 2. The van der Waals surface area contributed by atoms with Gasteiger partial charge in [0.15, 0.2) is 0 Å². The van der Waals surface area contributed by atoms with Crippen LogP contribution < -0.4 is 32.3 Å². The van der Waals surface area contributed by atoms with E-state index in [4.69, 9.17) is 11.7 Å². The number of nitrogens with two attached hydrogens (primary N) is 2. The Hall–Kier alpha value is -4.02. The van der Waals surface area contributed by atoms with Crippen LogP contribution >= 0.6 is 0 Å². The smallest absolute Gasteiger partial charge is 0.260 e. The van der Waals surface area contributed by atoms with Gasteiger partial charge in [0.05, 0.1) is 22.5 Å². The molecule has 2 heterocycles. The number of hydrogen-bond acceptors (Lipinski definition) is 6. The lowest BCUT2D eigenvalue weighted by Gasteiger charge is -2.16. The zero-order valence-corrected chi connectivity index (χ0v) is 15.7. The third kappa shape index (κ3) is 2.91. The molecule has 30 heavy (non-hydrogen) atoms. The second-order valence-corrected chi connectivity index (χ2v) is 6.70. The van der Waals surface area contributed by atoms with Gasteiger partial charge in [-0.3, -0.25) is 39.8 Å². The zero-order chi connectivity index (χ0) is 21.4. The predicted molar refractivity (Wildman–Crippen MR) is 109 cm³/mol. The molecule has 4 rings (SSSR count). The molecule has 0 aliphatic carbocycles. The van der Waals surface area contributed by atoms with Crippen molar-refractivity contribution >= 4 is 46.1 Å². The van der Waals surface area contributed by atoms with Crippen molar-refractivity contribution in [1.29, 1.82) is 0 Å². The van der Waals surface area contributed by atoms with Crippen LogP contribution in [-0.2, 0) is 19.2 Å². The van der Waals surface area contributed by atoms with E-state index >= 15 is 0 Å². The summed E-state index contributed by atoms with van der Waals surface area (Å²) >= 11 is 0. The Kier molecular flexibility index (Phi) is 4.78. The lowest BCUT2D eigenvalue weighted by atomic mass is 9.96. The number of carbonyl (C=O) groups excluding carboxylic acids is 4. The van der Waals surface area contributed by atoms with E-state index in [2.05, 4.69) is 0 Å². The number of nitrogens with zero attached hydrogens (tertiary/aromatic N) is 2. The van der Waals surface area contributed by atoms with E-state index in [0.29, 0.717) is 22.5 Å². The van der Waals surface area contributed by atoms with Gasteiger partial charge in [0, 0.05) is 11.1 Å². The standard InChI is InChI=1S/C20H18N6O4/c21-23-15(27)9-25-13-7-3-1-5-11(13)17(19(25)29)18-12-6-2-4-8-14(12)26(20(18)30)10-16(28)24-22/h1-8H,9-10,21-22H2,(H,23,27)(H,24,28)/b18-17-. The number of anilines is 2. The van der Waals surface area contributed by atoms with E-state index in [0.717, 1.165) is 0 Å². The summed E-state index contributed by atoms with van der Waals surface area (Å²) in [6.45, 7) is -0.587. The second kappa shape index (κ2) is 7.43. The normalized spacial score (nSPS) is 17.1. The molecule has 10 heteroatoms. The predicted octanol–water partition coefficient (Wildman–Crippen LogP) is -0.730. The zero-order valence-electron chi connectivity index (χ0n) is 15.7. The van der Waals surface area contributed by atoms with Crippen molar-refractivity contribution in [1.82, 2.24) is 10.9 Å². The van der Waals surface area contributed by atoms with Gasteiger partial charge in [0.1, 0.15) is 13.1 Å². The first-order valence-corrected chi connectivity index (χ1v) is 9.03. The molecule has 0 radical (unpaired) electrons. The molecule has 2 aromatic carbocycles. The third-order valence-electron chi connectivity index (χ3n) is 5.02. The van der Waals surface area contributed by atoms with Crippen molar-refractivity contribution in [3.8, 4) is 0 Å². The molecule has 2 aliphatic heterocycles. The number of amides is 4. The summed E-state index contributed by atoms with van der Waals surface area (Å²) in [5, 5.41) is 0. The monoisotopic (exact) mass is 406 g/mol. The van der Waals surface area contributed by atoms with Crippen LogP contribution in [0.3, 0.4) is 0 Å². The maximum atomic E-state index is 13.3. The highest BCUT2D eigenvalue weighted by molar-refractivity contribution is 6.50. The van der Waals surface area contributed by atoms with Crippen molar-refractivity contribution in [2.75, 3.05) is 22.9 Å². The minimum absolute atomic E-state index is 0.170. The summed E-state index contributed by atoms with van der Waals surface area (Å²) in [6, 6.07) is 13.7. The molecule has 0 bridgehead atoms. The largest absolute Gasteiger partial charge is 0.298 e. The number of hydrazine groups is 2.